The highest BCUT2D eigenvalue weighted by molar-refractivity contribution is 5.74. The van der Waals surface area contributed by atoms with Gasteiger partial charge in [0.1, 0.15) is 0 Å². The average Bonchev–Trinajstić information content (AvgIpc) is 2.67. The van der Waals surface area contributed by atoms with Gasteiger partial charge in [0.05, 0.1) is 24.9 Å². The van der Waals surface area contributed by atoms with Crippen LogP contribution in [0.3, 0.4) is 0 Å². The van der Waals surface area contributed by atoms with Crippen molar-refractivity contribution in [1.82, 2.24) is 10.2 Å². The second-order valence-corrected chi connectivity index (χ2v) is 7.83. The molecule has 2 fully saturated rings. The lowest BCUT2D eigenvalue weighted by atomic mass is 9.83. The van der Waals surface area contributed by atoms with Crippen LogP contribution in [0.2, 0.25) is 0 Å². The Labute approximate surface area is 162 Å². The number of benzene rings is 1. The van der Waals surface area contributed by atoms with E-state index in [0.717, 1.165) is 30.6 Å². The topological polar surface area (TPSA) is 62.8 Å². The minimum Gasteiger partial charge on any atom is -0.383 e. The summed E-state index contributed by atoms with van der Waals surface area (Å²) in [4.78, 5) is 14.7. The lowest BCUT2D eigenvalue weighted by Gasteiger charge is -2.47. The molecule has 1 unspecified atom stereocenters. The van der Waals surface area contributed by atoms with Crippen molar-refractivity contribution in [2.45, 2.75) is 57.3 Å². The Morgan fingerprint density at radius 1 is 1.26 bits per heavy atom. The SMILES string of the molecule is COCCNc1ccc(CNC(=O)N2CC(C)OC3(CCCCC3)C2)cc1. The first kappa shape index (κ1) is 20.0. The third-order valence-electron chi connectivity index (χ3n) is 5.49. The molecular weight excluding hydrogens is 342 g/mol. The number of rotatable bonds is 6. The average molecular weight is 376 g/mol. The number of urea groups is 1. The number of ether oxygens (including phenoxy) is 2. The van der Waals surface area contributed by atoms with Crippen LogP contribution in [0.15, 0.2) is 24.3 Å². The minimum atomic E-state index is -0.122. The standard InChI is InChI=1S/C21H33N3O3/c1-17-15-24(16-21(27-17)10-4-3-5-11-21)20(25)23-14-18-6-8-19(9-7-18)22-12-13-26-2/h6-9,17,22H,3-5,10-16H2,1-2H3,(H,23,25). The highest BCUT2D eigenvalue weighted by Gasteiger charge is 2.41. The molecule has 2 N–H and O–H groups in total. The maximum absolute atomic E-state index is 12.7. The van der Waals surface area contributed by atoms with Crippen molar-refractivity contribution in [3.63, 3.8) is 0 Å². The van der Waals surface area contributed by atoms with Crippen LogP contribution >= 0.6 is 0 Å². The Balaban J connectivity index is 1.49. The molecule has 1 aromatic carbocycles. The monoisotopic (exact) mass is 375 g/mol. The van der Waals surface area contributed by atoms with Gasteiger partial charge >= 0.3 is 6.03 Å². The third kappa shape index (κ3) is 5.59. The molecule has 1 saturated heterocycles. The highest BCUT2D eigenvalue weighted by Crippen LogP contribution is 2.36. The number of morpholine rings is 1. The van der Waals surface area contributed by atoms with Gasteiger partial charge < -0.3 is 25.0 Å². The number of methoxy groups -OCH3 is 1. The van der Waals surface area contributed by atoms with Crippen molar-refractivity contribution in [3.8, 4) is 0 Å². The molecule has 150 valence electrons. The number of carbonyl (C=O) groups is 1. The number of nitrogens with zero attached hydrogens (tertiary/aromatic N) is 1. The second kappa shape index (κ2) is 9.42. The summed E-state index contributed by atoms with van der Waals surface area (Å²) in [5, 5.41) is 6.37. The third-order valence-corrected chi connectivity index (χ3v) is 5.49. The van der Waals surface area contributed by atoms with Gasteiger partial charge in [0.25, 0.3) is 0 Å². The first-order chi connectivity index (χ1) is 13.1. The smallest absolute Gasteiger partial charge is 0.317 e. The zero-order chi connectivity index (χ0) is 19.1. The molecule has 6 heteroatoms. The summed E-state index contributed by atoms with van der Waals surface area (Å²) in [5.74, 6) is 0. The summed E-state index contributed by atoms with van der Waals surface area (Å²) in [6.07, 6.45) is 5.92. The number of nitrogens with one attached hydrogen (secondary N) is 2. The molecule has 1 aromatic rings. The van der Waals surface area contributed by atoms with Gasteiger partial charge in [-0.25, -0.2) is 4.79 Å². The Morgan fingerprint density at radius 3 is 2.70 bits per heavy atom. The fourth-order valence-electron chi connectivity index (χ4n) is 4.18. The highest BCUT2D eigenvalue weighted by atomic mass is 16.5. The molecule has 0 bridgehead atoms. The molecule has 1 aliphatic carbocycles. The van der Waals surface area contributed by atoms with E-state index in [-0.39, 0.29) is 17.7 Å². The summed E-state index contributed by atoms with van der Waals surface area (Å²) in [6.45, 7) is 5.45. The summed E-state index contributed by atoms with van der Waals surface area (Å²) in [5.41, 5.74) is 2.03. The van der Waals surface area contributed by atoms with Crippen molar-refractivity contribution in [1.29, 1.82) is 0 Å². The van der Waals surface area contributed by atoms with Crippen LogP contribution < -0.4 is 10.6 Å². The summed E-state index contributed by atoms with van der Waals surface area (Å²) in [6, 6.07) is 8.16. The van der Waals surface area contributed by atoms with Gasteiger partial charge in [-0.3, -0.25) is 0 Å². The van der Waals surface area contributed by atoms with Crippen LogP contribution in [0.25, 0.3) is 0 Å². The molecule has 0 radical (unpaired) electrons. The Kier molecular flexibility index (Phi) is 6.96. The molecular formula is C21H33N3O3. The number of carbonyl (C=O) groups excluding carboxylic acids is 1. The minimum absolute atomic E-state index is 0.0115. The Bertz CT molecular complexity index is 599. The molecule has 2 aliphatic rings. The first-order valence-electron chi connectivity index (χ1n) is 10.1. The Morgan fingerprint density at radius 2 is 2.00 bits per heavy atom. The number of anilines is 1. The van der Waals surface area contributed by atoms with Crippen molar-refractivity contribution in [2.75, 3.05) is 38.7 Å². The molecule has 1 atom stereocenters. The van der Waals surface area contributed by atoms with Gasteiger partial charge in [0.15, 0.2) is 0 Å². The Hall–Kier alpha value is -1.79. The molecule has 1 heterocycles. The quantitative estimate of drug-likeness (QED) is 0.748. The lowest BCUT2D eigenvalue weighted by Crippen LogP contribution is -2.59. The van der Waals surface area contributed by atoms with E-state index in [2.05, 4.69) is 17.6 Å². The van der Waals surface area contributed by atoms with Crippen LogP contribution in [-0.4, -0.2) is 56.0 Å². The fourth-order valence-corrected chi connectivity index (χ4v) is 4.18. The molecule has 1 saturated carbocycles. The number of hydrogen-bond acceptors (Lipinski definition) is 4. The number of amides is 2. The largest absolute Gasteiger partial charge is 0.383 e. The van der Waals surface area contributed by atoms with Crippen molar-refractivity contribution >= 4 is 11.7 Å². The summed E-state index contributed by atoms with van der Waals surface area (Å²) in [7, 11) is 1.69. The van der Waals surface area contributed by atoms with Crippen LogP contribution in [0, 0.1) is 0 Å². The predicted molar refractivity (Wildman–Crippen MR) is 107 cm³/mol. The second-order valence-electron chi connectivity index (χ2n) is 7.83. The van der Waals surface area contributed by atoms with Crippen LogP contribution in [0.5, 0.6) is 0 Å². The van der Waals surface area contributed by atoms with E-state index >= 15 is 0 Å². The molecule has 2 amide bonds. The molecule has 3 rings (SSSR count). The van der Waals surface area contributed by atoms with Gasteiger partial charge in [-0.15, -0.1) is 0 Å². The van der Waals surface area contributed by atoms with Crippen LogP contribution in [0.1, 0.15) is 44.6 Å². The van der Waals surface area contributed by atoms with E-state index in [4.69, 9.17) is 9.47 Å². The van der Waals surface area contributed by atoms with E-state index < -0.39 is 0 Å². The molecule has 27 heavy (non-hydrogen) atoms. The van der Waals surface area contributed by atoms with Gasteiger partial charge in [0, 0.05) is 32.4 Å². The molecule has 1 spiro atoms. The fraction of sp³-hybridized carbons (Fsp3) is 0.667. The van der Waals surface area contributed by atoms with Crippen molar-refractivity contribution < 1.29 is 14.3 Å². The first-order valence-corrected chi connectivity index (χ1v) is 10.1. The van der Waals surface area contributed by atoms with E-state index in [1.807, 2.05) is 29.2 Å². The van der Waals surface area contributed by atoms with E-state index in [1.165, 1.54) is 19.3 Å². The summed E-state index contributed by atoms with van der Waals surface area (Å²) < 4.78 is 11.3. The zero-order valence-corrected chi connectivity index (χ0v) is 16.6. The van der Waals surface area contributed by atoms with Gasteiger partial charge in [-0.05, 0) is 37.5 Å². The number of hydrogen-bond donors (Lipinski definition) is 2. The van der Waals surface area contributed by atoms with E-state index in [1.54, 1.807) is 7.11 Å². The van der Waals surface area contributed by atoms with Crippen molar-refractivity contribution in [3.05, 3.63) is 29.8 Å². The van der Waals surface area contributed by atoms with Crippen LogP contribution in [0.4, 0.5) is 10.5 Å². The van der Waals surface area contributed by atoms with Gasteiger partial charge in [0.2, 0.25) is 0 Å². The van der Waals surface area contributed by atoms with Gasteiger partial charge in [-0.2, -0.15) is 0 Å². The zero-order valence-electron chi connectivity index (χ0n) is 16.6. The normalized spacial score (nSPS) is 21.9. The van der Waals surface area contributed by atoms with E-state index in [0.29, 0.717) is 26.2 Å². The van der Waals surface area contributed by atoms with Crippen LogP contribution in [-0.2, 0) is 16.0 Å². The molecule has 6 nitrogen and oxygen atoms in total. The maximum Gasteiger partial charge on any atom is 0.317 e. The summed E-state index contributed by atoms with van der Waals surface area (Å²) >= 11 is 0. The molecule has 0 aromatic heterocycles. The van der Waals surface area contributed by atoms with Gasteiger partial charge in [-0.1, -0.05) is 31.4 Å². The van der Waals surface area contributed by atoms with E-state index in [9.17, 15) is 4.79 Å². The predicted octanol–water partition coefficient (Wildman–Crippen LogP) is 3.38. The van der Waals surface area contributed by atoms with Crippen molar-refractivity contribution in [2.24, 2.45) is 0 Å². The molecule has 1 aliphatic heterocycles. The maximum atomic E-state index is 12.7. The lowest BCUT2D eigenvalue weighted by molar-refractivity contribution is -0.153.